The maximum Gasteiger partial charge on any atom is 0.293 e. The van der Waals surface area contributed by atoms with Gasteiger partial charge in [0, 0.05) is 19.6 Å². The fourth-order valence-electron chi connectivity index (χ4n) is 3.30. The van der Waals surface area contributed by atoms with Crippen LogP contribution < -0.4 is 0 Å². The molecule has 1 aromatic carbocycles. The first kappa shape index (κ1) is 17.5. The van der Waals surface area contributed by atoms with E-state index >= 15 is 0 Å². The van der Waals surface area contributed by atoms with Crippen molar-refractivity contribution >= 4 is 5.91 Å². The van der Waals surface area contributed by atoms with Gasteiger partial charge in [0.25, 0.3) is 5.91 Å². The summed E-state index contributed by atoms with van der Waals surface area (Å²) >= 11 is 0. The van der Waals surface area contributed by atoms with Crippen molar-refractivity contribution in [2.24, 2.45) is 0 Å². The van der Waals surface area contributed by atoms with E-state index < -0.39 is 0 Å². The van der Waals surface area contributed by atoms with Crippen molar-refractivity contribution in [1.82, 2.24) is 24.6 Å². The minimum absolute atomic E-state index is 0.135. The predicted octanol–water partition coefficient (Wildman–Crippen LogP) is 2.61. The van der Waals surface area contributed by atoms with Crippen LogP contribution in [0, 0.1) is 6.92 Å². The lowest BCUT2D eigenvalue weighted by atomic mass is 10.2. The van der Waals surface area contributed by atoms with Gasteiger partial charge in [-0.05, 0) is 56.8 Å². The van der Waals surface area contributed by atoms with Crippen LogP contribution in [0.25, 0.3) is 17.3 Å². The molecule has 3 heterocycles. The van der Waals surface area contributed by atoms with Crippen LogP contribution in [0.15, 0.2) is 47.1 Å². The van der Waals surface area contributed by atoms with Crippen LogP contribution in [0.1, 0.15) is 22.6 Å². The van der Waals surface area contributed by atoms with Gasteiger partial charge >= 0.3 is 0 Å². The number of hydrogen-bond acceptors (Lipinski definition) is 5. The first-order valence-electron chi connectivity index (χ1n) is 9.17. The van der Waals surface area contributed by atoms with Gasteiger partial charge in [-0.25, -0.2) is 4.68 Å². The third-order valence-corrected chi connectivity index (χ3v) is 4.79. The van der Waals surface area contributed by atoms with Gasteiger partial charge in [-0.15, -0.1) is 5.10 Å². The number of aromatic nitrogens is 3. The van der Waals surface area contributed by atoms with Crippen LogP contribution in [-0.2, 0) is 0 Å². The molecule has 0 saturated carbocycles. The fourth-order valence-corrected chi connectivity index (χ4v) is 3.30. The summed E-state index contributed by atoms with van der Waals surface area (Å²) in [4.78, 5) is 21.6. The molecule has 1 amide bonds. The zero-order valence-electron chi connectivity index (χ0n) is 15.6. The highest BCUT2D eigenvalue weighted by atomic mass is 16.3. The number of aryl methyl sites for hydroxylation is 1. The van der Waals surface area contributed by atoms with Crippen LogP contribution >= 0.6 is 0 Å². The molecule has 1 aliphatic rings. The molecule has 0 unspecified atom stereocenters. The van der Waals surface area contributed by atoms with Crippen molar-refractivity contribution in [3.63, 3.8) is 0 Å². The van der Waals surface area contributed by atoms with Gasteiger partial charge in [-0.2, -0.15) is 4.98 Å². The van der Waals surface area contributed by atoms with E-state index in [4.69, 9.17) is 4.42 Å². The van der Waals surface area contributed by atoms with Crippen molar-refractivity contribution in [3.8, 4) is 17.3 Å². The molecule has 0 aliphatic carbocycles. The van der Waals surface area contributed by atoms with E-state index in [1.54, 1.807) is 17.0 Å². The van der Waals surface area contributed by atoms with Crippen molar-refractivity contribution in [3.05, 3.63) is 54.0 Å². The highest BCUT2D eigenvalue weighted by molar-refractivity contribution is 5.91. The highest BCUT2D eigenvalue weighted by Gasteiger charge is 2.25. The Morgan fingerprint density at radius 1 is 1.11 bits per heavy atom. The van der Waals surface area contributed by atoms with E-state index in [2.05, 4.69) is 22.0 Å². The van der Waals surface area contributed by atoms with Gasteiger partial charge in [0.15, 0.2) is 11.6 Å². The minimum atomic E-state index is -0.135. The molecule has 3 aromatic rings. The third kappa shape index (κ3) is 3.64. The maximum atomic E-state index is 13.0. The molecule has 1 saturated heterocycles. The van der Waals surface area contributed by atoms with Gasteiger partial charge in [0.2, 0.25) is 5.82 Å². The second kappa shape index (κ2) is 7.36. The Labute approximate surface area is 158 Å². The monoisotopic (exact) mass is 365 g/mol. The van der Waals surface area contributed by atoms with Crippen LogP contribution in [0.4, 0.5) is 0 Å². The molecule has 0 radical (unpaired) electrons. The maximum absolute atomic E-state index is 13.0. The summed E-state index contributed by atoms with van der Waals surface area (Å²) in [5.74, 6) is 1.18. The summed E-state index contributed by atoms with van der Waals surface area (Å²) in [5, 5.41) is 4.54. The lowest BCUT2D eigenvalue weighted by molar-refractivity contribution is 0.0750. The smallest absolute Gasteiger partial charge is 0.293 e. The van der Waals surface area contributed by atoms with E-state index in [0.717, 1.165) is 37.3 Å². The van der Waals surface area contributed by atoms with Gasteiger partial charge in [-0.3, -0.25) is 4.79 Å². The molecule has 1 fully saturated rings. The Morgan fingerprint density at radius 2 is 2.00 bits per heavy atom. The zero-order valence-corrected chi connectivity index (χ0v) is 15.6. The molecule has 4 rings (SSSR count). The van der Waals surface area contributed by atoms with E-state index in [0.29, 0.717) is 18.1 Å². The number of carbonyl (C=O) groups excluding carboxylic acids is 1. The standard InChI is InChI=1S/C20H23N5O2/c1-15-6-3-7-16(14-15)25-19(17-8-4-13-27-17)21-18(22-25)20(26)24-10-5-9-23(2)11-12-24/h3-4,6-8,13-14H,5,9-12H2,1-2H3. The second-order valence-corrected chi connectivity index (χ2v) is 6.94. The van der Waals surface area contributed by atoms with Crippen molar-refractivity contribution in [1.29, 1.82) is 0 Å². The average molecular weight is 365 g/mol. The van der Waals surface area contributed by atoms with Crippen molar-refractivity contribution in [2.45, 2.75) is 13.3 Å². The molecule has 0 atom stereocenters. The number of hydrogen-bond donors (Lipinski definition) is 0. The summed E-state index contributed by atoms with van der Waals surface area (Å²) in [5.41, 5.74) is 1.96. The summed E-state index contributed by atoms with van der Waals surface area (Å²) in [6, 6.07) is 11.6. The van der Waals surface area contributed by atoms with E-state index in [1.807, 2.05) is 42.2 Å². The number of rotatable bonds is 3. The summed E-state index contributed by atoms with van der Waals surface area (Å²) < 4.78 is 7.21. The Balaban J connectivity index is 1.72. The molecule has 1 aliphatic heterocycles. The van der Waals surface area contributed by atoms with E-state index in [9.17, 15) is 4.79 Å². The number of likely N-dealkylation sites (N-methyl/N-ethyl adjacent to an activating group) is 1. The van der Waals surface area contributed by atoms with Crippen LogP contribution in [0.2, 0.25) is 0 Å². The normalized spacial score (nSPS) is 15.7. The van der Waals surface area contributed by atoms with Crippen LogP contribution in [0.3, 0.4) is 0 Å². The first-order chi connectivity index (χ1) is 13.1. The van der Waals surface area contributed by atoms with E-state index in [-0.39, 0.29) is 11.7 Å². The van der Waals surface area contributed by atoms with Gasteiger partial charge in [0.05, 0.1) is 12.0 Å². The van der Waals surface area contributed by atoms with Gasteiger partial charge in [0.1, 0.15) is 0 Å². The Bertz CT molecular complexity index is 932. The van der Waals surface area contributed by atoms with Crippen molar-refractivity contribution in [2.75, 3.05) is 33.2 Å². The lowest BCUT2D eigenvalue weighted by Gasteiger charge is -2.18. The Morgan fingerprint density at radius 3 is 2.78 bits per heavy atom. The van der Waals surface area contributed by atoms with Gasteiger partial charge in [-0.1, -0.05) is 12.1 Å². The molecule has 140 valence electrons. The minimum Gasteiger partial charge on any atom is -0.461 e. The summed E-state index contributed by atoms with van der Waals surface area (Å²) in [6.45, 7) is 5.28. The predicted molar refractivity (Wildman–Crippen MR) is 102 cm³/mol. The molecule has 2 aromatic heterocycles. The highest BCUT2D eigenvalue weighted by Crippen LogP contribution is 2.23. The molecular formula is C20H23N5O2. The number of benzene rings is 1. The molecule has 0 spiro atoms. The third-order valence-electron chi connectivity index (χ3n) is 4.79. The van der Waals surface area contributed by atoms with E-state index in [1.165, 1.54) is 0 Å². The zero-order chi connectivity index (χ0) is 18.8. The number of furan rings is 1. The largest absolute Gasteiger partial charge is 0.461 e. The number of carbonyl (C=O) groups is 1. The number of nitrogens with zero attached hydrogens (tertiary/aromatic N) is 5. The molecule has 0 bridgehead atoms. The topological polar surface area (TPSA) is 67.4 Å². The molecule has 7 nitrogen and oxygen atoms in total. The molecule has 27 heavy (non-hydrogen) atoms. The summed E-state index contributed by atoms with van der Waals surface area (Å²) in [6.07, 6.45) is 2.54. The molecule has 0 N–H and O–H groups in total. The fraction of sp³-hybridized carbons (Fsp3) is 0.350. The van der Waals surface area contributed by atoms with Gasteiger partial charge < -0.3 is 14.2 Å². The molecular weight excluding hydrogens is 342 g/mol. The Kier molecular flexibility index (Phi) is 4.77. The lowest BCUT2D eigenvalue weighted by Crippen LogP contribution is -2.35. The quantitative estimate of drug-likeness (QED) is 0.714. The SMILES string of the molecule is Cc1cccc(-n2nc(C(=O)N3CCCN(C)CC3)nc2-c2ccco2)c1. The van der Waals surface area contributed by atoms with Crippen LogP contribution in [-0.4, -0.2) is 63.7 Å². The van der Waals surface area contributed by atoms with Crippen molar-refractivity contribution < 1.29 is 9.21 Å². The van der Waals surface area contributed by atoms with Crippen LogP contribution in [0.5, 0.6) is 0 Å². The first-order valence-corrected chi connectivity index (χ1v) is 9.17. The second-order valence-electron chi connectivity index (χ2n) is 6.94. The summed E-state index contributed by atoms with van der Waals surface area (Å²) in [7, 11) is 2.08. The Hall–Kier alpha value is -2.93. The average Bonchev–Trinajstić information content (AvgIpc) is 3.29. The molecule has 7 heteroatoms. The number of amides is 1.